The first-order valence-electron chi connectivity index (χ1n) is 6.47. The second-order valence-corrected chi connectivity index (χ2v) is 5.36. The zero-order valence-electron chi connectivity index (χ0n) is 10.5. The van der Waals surface area contributed by atoms with E-state index in [1.165, 1.54) is 16.7 Å². The van der Waals surface area contributed by atoms with E-state index < -0.39 is 0 Å². The van der Waals surface area contributed by atoms with E-state index in [1.54, 1.807) is 0 Å². The second kappa shape index (κ2) is 4.54. The van der Waals surface area contributed by atoms with E-state index in [0.29, 0.717) is 0 Å². The molecule has 1 aromatic heterocycles. The average molecular weight is 238 g/mol. The average Bonchev–Trinajstić information content (AvgIpc) is 2.78. The van der Waals surface area contributed by atoms with Crippen LogP contribution in [0, 0.1) is 5.41 Å². The Bertz CT molecular complexity index is 509. The van der Waals surface area contributed by atoms with Gasteiger partial charge >= 0.3 is 0 Å². The minimum absolute atomic E-state index is 0.187. The minimum atomic E-state index is 0.187. The first-order valence-corrected chi connectivity index (χ1v) is 6.47. The molecule has 0 aliphatic heterocycles. The van der Waals surface area contributed by atoms with Crippen LogP contribution in [0.15, 0.2) is 48.8 Å². The van der Waals surface area contributed by atoms with E-state index in [0.717, 1.165) is 25.8 Å². The van der Waals surface area contributed by atoms with Crippen molar-refractivity contribution in [2.45, 2.75) is 19.3 Å². The van der Waals surface area contributed by atoms with E-state index in [1.807, 2.05) is 18.5 Å². The Morgan fingerprint density at radius 3 is 2.33 bits per heavy atom. The monoisotopic (exact) mass is 238 g/mol. The summed E-state index contributed by atoms with van der Waals surface area (Å²) in [6.45, 7) is 0.733. The summed E-state index contributed by atoms with van der Waals surface area (Å²) in [5.74, 6) is 0. The fourth-order valence-corrected chi connectivity index (χ4v) is 3.05. The van der Waals surface area contributed by atoms with Crippen LogP contribution in [-0.2, 0) is 19.3 Å². The zero-order valence-corrected chi connectivity index (χ0v) is 10.5. The molecular formula is C16H18N2. The molecule has 1 aliphatic carbocycles. The van der Waals surface area contributed by atoms with Crippen molar-refractivity contribution in [3.63, 3.8) is 0 Å². The molecular weight excluding hydrogens is 220 g/mol. The molecule has 0 saturated heterocycles. The molecule has 0 unspecified atom stereocenters. The SMILES string of the molecule is NCC1(Cc2cccnc2)Cc2ccccc2C1. The maximum Gasteiger partial charge on any atom is 0.0300 e. The molecule has 0 saturated carbocycles. The molecule has 18 heavy (non-hydrogen) atoms. The maximum absolute atomic E-state index is 6.08. The van der Waals surface area contributed by atoms with Gasteiger partial charge in [0.1, 0.15) is 0 Å². The van der Waals surface area contributed by atoms with E-state index in [-0.39, 0.29) is 5.41 Å². The highest BCUT2D eigenvalue weighted by Crippen LogP contribution is 2.38. The van der Waals surface area contributed by atoms with Crippen LogP contribution in [0.1, 0.15) is 16.7 Å². The summed E-state index contributed by atoms with van der Waals surface area (Å²) in [4.78, 5) is 4.20. The number of aromatic nitrogens is 1. The van der Waals surface area contributed by atoms with Crippen molar-refractivity contribution in [3.05, 3.63) is 65.5 Å². The Morgan fingerprint density at radius 2 is 1.78 bits per heavy atom. The van der Waals surface area contributed by atoms with Crippen LogP contribution in [0.4, 0.5) is 0 Å². The summed E-state index contributed by atoms with van der Waals surface area (Å²) in [6, 6.07) is 12.9. The third-order valence-electron chi connectivity index (χ3n) is 3.98. The van der Waals surface area contributed by atoms with Crippen molar-refractivity contribution in [1.82, 2.24) is 4.98 Å². The van der Waals surface area contributed by atoms with Gasteiger partial charge in [-0.1, -0.05) is 30.3 Å². The number of pyridine rings is 1. The van der Waals surface area contributed by atoms with Crippen LogP contribution >= 0.6 is 0 Å². The first-order chi connectivity index (χ1) is 8.81. The van der Waals surface area contributed by atoms with Crippen molar-refractivity contribution < 1.29 is 0 Å². The normalized spacial score (nSPS) is 16.5. The summed E-state index contributed by atoms with van der Waals surface area (Å²) in [5, 5.41) is 0. The summed E-state index contributed by atoms with van der Waals surface area (Å²) < 4.78 is 0. The van der Waals surface area contributed by atoms with Crippen LogP contribution in [0.3, 0.4) is 0 Å². The van der Waals surface area contributed by atoms with Gasteiger partial charge in [0, 0.05) is 12.4 Å². The molecule has 0 spiro atoms. The molecule has 1 aromatic carbocycles. The van der Waals surface area contributed by atoms with Crippen molar-refractivity contribution in [1.29, 1.82) is 0 Å². The number of hydrogen-bond donors (Lipinski definition) is 1. The molecule has 2 heteroatoms. The molecule has 2 N–H and O–H groups in total. The van der Waals surface area contributed by atoms with E-state index in [9.17, 15) is 0 Å². The van der Waals surface area contributed by atoms with Crippen molar-refractivity contribution in [2.24, 2.45) is 11.1 Å². The third-order valence-corrected chi connectivity index (χ3v) is 3.98. The Balaban J connectivity index is 1.86. The molecule has 0 atom stereocenters. The smallest absolute Gasteiger partial charge is 0.0300 e. The number of rotatable bonds is 3. The highest BCUT2D eigenvalue weighted by molar-refractivity contribution is 5.35. The Hall–Kier alpha value is -1.67. The lowest BCUT2D eigenvalue weighted by Crippen LogP contribution is -2.33. The van der Waals surface area contributed by atoms with Gasteiger partial charge in [-0.25, -0.2) is 0 Å². The van der Waals surface area contributed by atoms with E-state index in [2.05, 4.69) is 35.3 Å². The fraction of sp³-hybridized carbons (Fsp3) is 0.312. The number of fused-ring (bicyclic) bond motifs is 1. The predicted octanol–water partition coefficient (Wildman–Crippen LogP) is 2.37. The first kappa shape index (κ1) is 11.4. The highest BCUT2D eigenvalue weighted by Gasteiger charge is 2.35. The van der Waals surface area contributed by atoms with Gasteiger partial charge in [0.2, 0.25) is 0 Å². The zero-order chi connectivity index (χ0) is 12.4. The Morgan fingerprint density at radius 1 is 1.06 bits per heavy atom. The summed E-state index contributed by atoms with van der Waals surface area (Å²) in [5.41, 5.74) is 10.5. The summed E-state index contributed by atoms with van der Waals surface area (Å²) in [6.07, 6.45) is 6.98. The Labute approximate surface area is 108 Å². The lowest BCUT2D eigenvalue weighted by molar-refractivity contribution is 0.314. The van der Waals surface area contributed by atoms with Gasteiger partial charge in [0.25, 0.3) is 0 Å². The topological polar surface area (TPSA) is 38.9 Å². The number of hydrogen-bond acceptors (Lipinski definition) is 2. The quantitative estimate of drug-likeness (QED) is 0.891. The van der Waals surface area contributed by atoms with Gasteiger partial charge in [0.05, 0.1) is 0 Å². The molecule has 2 aromatic rings. The van der Waals surface area contributed by atoms with Crippen LogP contribution < -0.4 is 5.73 Å². The van der Waals surface area contributed by atoms with Gasteiger partial charge in [0.15, 0.2) is 0 Å². The van der Waals surface area contributed by atoms with E-state index in [4.69, 9.17) is 5.73 Å². The lowest BCUT2D eigenvalue weighted by atomic mass is 9.79. The molecule has 2 nitrogen and oxygen atoms in total. The van der Waals surface area contributed by atoms with Crippen LogP contribution in [-0.4, -0.2) is 11.5 Å². The van der Waals surface area contributed by atoms with E-state index >= 15 is 0 Å². The molecule has 92 valence electrons. The predicted molar refractivity (Wildman–Crippen MR) is 73.3 cm³/mol. The van der Waals surface area contributed by atoms with Gasteiger partial charge in [-0.3, -0.25) is 4.98 Å². The second-order valence-electron chi connectivity index (χ2n) is 5.36. The molecule has 1 aliphatic rings. The van der Waals surface area contributed by atoms with Gasteiger partial charge in [-0.05, 0) is 54.0 Å². The molecule has 0 radical (unpaired) electrons. The van der Waals surface area contributed by atoms with Gasteiger partial charge in [-0.15, -0.1) is 0 Å². The number of benzene rings is 1. The molecule has 0 amide bonds. The fourth-order valence-electron chi connectivity index (χ4n) is 3.05. The van der Waals surface area contributed by atoms with Gasteiger partial charge in [-0.2, -0.15) is 0 Å². The maximum atomic E-state index is 6.08. The molecule has 0 bridgehead atoms. The molecule has 3 rings (SSSR count). The van der Waals surface area contributed by atoms with Crippen LogP contribution in [0.2, 0.25) is 0 Å². The summed E-state index contributed by atoms with van der Waals surface area (Å²) in [7, 11) is 0. The standard InChI is InChI=1S/C16H18N2/c17-12-16(8-13-4-3-7-18-11-13)9-14-5-1-2-6-15(14)10-16/h1-7,11H,8-10,12,17H2. The lowest BCUT2D eigenvalue weighted by Gasteiger charge is -2.27. The minimum Gasteiger partial charge on any atom is -0.330 e. The van der Waals surface area contributed by atoms with Crippen molar-refractivity contribution in [3.8, 4) is 0 Å². The Kier molecular flexibility index (Phi) is 2.88. The van der Waals surface area contributed by atoms with Crippen molar-refractivity contribution >= 4 is 0 Å². The highest BCUT2D eigenvalue weighted by atomic mass is 14.6. The van der Waals surface area contributed by atoms with Crippen LogP contribution in [0.25, 0.3) is 0 Å². The third kappa shape index (κ3) is 2.04. The largest absolute Gasteiger partial charge is 0.330 e. The van der Waals surface area contributed by atoms with Gasteiger partial charge < -0.3 is 5.73 Å². The summed E-state index contributed by atoms with van der Waals surface area (Å²) >= 11 is 0. The number of nitrogens with two attached hydrogens (primary N) is 1. The van der Waals surface area contributed by atoms with Crippen LogP contribution in [0.5, 0.6) is 0 Å². The van der Waals surface area contributed by atoms with Crippen molar-refractivity contribution in [2.75, 3.05) is 6.54 Å². The molecule has 0 fully saturated rings. The molecule has 1 heterocycles. The number of nitrogens with zero attached hydrogens (tertiary/aromatic N) is 1.